The van der Waals surface area contributed by atoms with Crippen LogP contribution in [0, 0.1) is 11.3 Å². The van der Waals surface area contributed by atoms with Crippen LogP contribution in [0.15, 0.2) is 52.3 Å². The lowest BCUT2D eigenvalue weighted by Gasteiger charge is -2.08. The van der Waals surface area contributed by atoms with Crippen molar-refractivity contribution < 1.29 is 21.6 Å². The molecule has 3 nitrogen and oxygen atoms in total. The summed E-state index contributed by atoms with van der Waals surface area (Å²) in [6.07, 6.45) is -3.74. The van der Waals surface area contributed by atoms with E-state index in [1.807, 2.05) is 0 Å². The van der Waals surface area contributed by atoms with Gasteiger partial charge >= 0.3 is 6.18 Å². The summed E-state index contributed by atoms with van der Waals surface area (Å²) in [6.45, 7) is 0. The van der Waals surface area contributed by atoms with Crippen LogP contribution in [0.1, 0.15) is 11.1 Å². The molecule has 0 saturated heterocycles. The minimum atomic E-state index is -4.59. The molecule has 0 amide bonds. The predicted octanol–water partition coefficient (Wildman–Crippen LogP) is 5.35. The second-order valence-electron chi connectivity index (χ2n) is 4.82. The fourth-order valence-electron chi connectivity index (χ4n) is 1.93. The molecule has 0 atom stereocenters. The molecule has 0 N–H and O–H groups in total. The summed E-state index contributed by atoms with van der Waals surface area (Å²) >= 11 is 11.6. The average molecular weight is 406 g/mol. The molecular weight excluding hydrogens is 398 g/mol. The highest BCUT2D eigenvalue weighted by atomic mass is 35.5. The minimum Gasteiger partial charge on any atom is -0.218 e. The van der Waals surface area contributed by atoms with Crippen LogP contribution in [-0.2, 0) is 16.0 Å². The van der Waals surface area contributed by atoms with Gasteiger partial charge in [-0.1, -0.05) is 35.3 Å². The molecule has 0 fully saturated rings. The zero-order valence-corrected chi connectivity index (χ0v) is 14.5. The number of hydrogen-bond acceptors (Lipinski definition) is 3. The van der Waals surface area contributed by atoms with E-state index in [1.165, 1.54) is 24.3 Å². The van der Waals surface area contributed by atoms with E-state index in [9.17, 15) is 26.9 Å². The maximum absolute atomic E-state index is 12.7. The Morgan fingerprint density at radius 2 is 1.80 bits per heavy atom. The lowest BCUT2D eigenvalue weighted by Crippen LogP contribution is -2.06. The van der Waals surface area contributed by atoms with Crippen LogP contribution in [0.25, 0.3) is 6.08 Å². The Morgan fingerprint density at radius 3 is 2.40 bits per heavy atom. The Kier molecular flexibility index (Phi) is 5.47. The van der Waals surface area contributed by atoms with Gasteiger partial charge in [-0.15, -0.1) is 0 Å². The van der Waals surface area contributed by atoms with Crippen LogP contribution in [-0.4, -0.2) is 8.42 Å². The first-order valence-corrected chi connectivity index (χ1v) is 8.79. The number of sulfone groups is 1. The van der Waals surface area contributed by atoms with Gasteiger partial charge in [-0.25, -0.2) is 8.42 Å². The maximum atomic E-state index is 12.7. The van der Waals surface area contributed by atoms with Crippen LogP contribution in [0.3, 0.4) is 0 Å². The molecule has 0 aliphatic rings. The van der Waals surface area contributed by atoms with Crippen molar-refractivity contribution in [2.45, 2.75) is 11.1 Å². The number of nitriles is 1. The first kappa shape index (κ1) is 19.3. The molecule has 0 radical (unpaired) electrons. The van der Waals surface area contributed by atoms with Gasteiger partial charge in [0.1, 0.15) is 11.0 Å². The highest BCUT2D eigenvalue weighted by Gasteiger charge is 2.30. The number of rotatable bonds is 3. The van der Waals surface area contributed by atoms with Gasteiger partial charge in [-0.3, -0.25) is 0 Å². The van der Waals surface area contributed by atoms with Crippen molar-refractivity contribution in [3.05, 3.63) is 68.5 Å². The molecule has 0 aliphatic carbocycles. The third-order valence-electron chi connectivity index (χ3n) is 3.09. The van der Waals surface area contributed by atoms with Crippen molar-refractivity contribution in [3.63, 3.8) is 0 Å². The average Bonchev–Trinajstić information content (AvgIpc) is 2.54. The Bertz CT molecular complexity index is 993. The van der Waals surface area contributed by atoms with Crippen LogP contribution in [0.4, 0.5) is 13.2 Å². The van der Waals surface area contributed by atoms with Crippen molar-refractivity contribution in [2.24, 2.45) is 0 Å². The molecule has 0 heterocycles. The summed E-state index contributed by atoms with van der Waals surface area (Å²) < 4.78 is 63.4. The molecule has 0 spiro atoms. The Labute approximate surface area is 151 Å². The quantitative estimate of drug-likeness (QED) is 0.646. The van der Waals surface area contributed by atoms with Crippen molar-refractivity contribution in [1.82, 2.24) is 0 Å². The highest BCUT2D eigenvalue weighted by molar-refractivity contribution is 7.95. The molecule has 2 aromatic carbocycles. The minimum absolute atomic E-state index is 0.0827. The van der Waals surface area contributed by atoms with E-state index in [4.69, 9.17) is 23.2 Å². The summed E-state index contributed by atoms with van der Waals surface area (Å²) in [5.41, 5.74) is -1.05. The zero-order chi connectivity index (χ0) is 18.8. The highest BCUT2D eigenvalue weighted by Crippen LogP contribution is 2.32. The summed E-state index contributed by atoms with van der Waals surface area (Å²) in [6, 6.07) is 9.11. The first-order chi connectivity index (χ1) is 11.6. The molecule has 130 valence electrons. The van der Waals surface area contributed by atoms with Crippen LogP contribution >= 0.6 is 23.2 Å². The van der Waals surface area contributed by atoms with Crippen molar-refractivity contribution in [3.8, 4) is 6.07 Å². The number of alkyl halides is 3. The summed E-state index contributed by atoms with van der Waals surface area (Å²) in [4.78, 5) is -1.16. The van der Waals surface area contributed by atoms with E-state index >= 15 is 0 Å². The standard InChI is InChI=1S/C16H8Cl2F3NO2S/c17-12-4-5-14(18)15(8-12)25(23,24)13(9-22)7-10-2-1-3-11(6-10)16(19,20)21/h1-8H/b13-7+. The summed E-state index contributed by atoms with van der Waals surface area (Å²) in [5.74, 6) is 0. The van der Waals surface area contributed by atoms with Gasteiger partial charge in [0.15, 0.2) is 0 Å². The summed E-state index contributed by atoms with van der Waals surface area (Å²) in [7, 11) is -4.35. The fourth-order valence-corrected chi connectivity index (χ4v) is 3.84. The second-order valence-corrected chi connectivity index (χ2v) is 7.55. The molecule has 2 aromatic rings. The number of nitrogens with zero attached hydrogens (tertiary/aromatic N) is 1. The number of allylic oxidation sites excluding steroid dienone is 1. The molecule has 0 aromatic heterocycles. The molecule has 9 heteroatoms. The zero-order valence-electron chi connectivity index (χ0n) is 12.2. The lowest BCUT2D eigenvalue weighted by atomic mass is 10.1. The van der Waals surface area contributed by atoms with E-state index in [2.05, 4.69) is 0 Å². The Hall–Kier alpha value is -2.01. The van der Waals surface area contributed by atoms with E-state index in [-0.39, 0.29) is 15.6 Å². The topological polar surface area (TPSA) is 57.9 Å². The molecule has 2 rings (SSSR count). The largest absolute Gasteiger partial charge is 0.416 e. The molecular formula is C16H8Cl2F3NO2S. The number of benzene rings is 2. The van der Waals surface area contributed by atoms with Gasteiger partial charge < -0.3 is 0 Å². The Balaban J connectivity index is 2.58. The predicted molar refractivity (Wildman–Crippen MR) is 88.7 cm³/mol. The maximum Gasteiger partial charge on any atom is 0.416 e. The van der Waals surface area contributed by atoms with Gasteiger partial charge in [-0.2, -0.15) is 18.4 Å². The van der Waals surface area contributed by atoms with Crippen LogP contribution in [0.2, 0.25) is 10.0 Å². The first-order valence-electron chi connectivity index (χ1n) is 6.55. The van der Waals surface area contributed by atoms with Gasteiger partial charge in [0, 0.05) is 5.02 Å². The number of halogens is 5. The fraction of sp³-hybridized carbons (Fsp3) is 0.0625. The molecule has 25 heavy (non-hydrogen) atoms. The van der Waals surface area contributed by atoms with E-state index in [0.717, 1.165) is 30.3 Å². The van der Waals surface area contributed by atoms with Crippen LogP contribution < -0.4 is 0 Å². The van der Waals surface area contributed by atoms with Gasteiger partial charge in [-0.05, 0) is 42.0 Å². The molecule has 0 bridgehead atoms. The summed E-state index contributed by atoms with van der Waals surface area (Å²) in [5, 5.41) is 9.10. The van der Waals surface area contributed by atoms with Crippen molar-refractivity contribution >= 4 is 39.1 Å². The van der Waals surface area contributed by atoms with E-state index < -0.39 is 31.4 Å². The lowest BCUT2D eigenvalue weighted by molar-refractivity contribution is -0.137. The van der Waals surface area contributed by atoms with Gasteiger partial charge in [0.25, 0.3) is 0 Å². The van der Waals surface area contributed by atoms with Gasteiger partial charge in [0.05, 0.1) is 15.5 Å². The number of hydrogen-bond donors (Lipinski definition) is 0. The smallest absolute Gasteiger partial charge is 0.218 e. The monoisotopic (exact) mass is 405 g/mol. The van der Waals surface area contributed by atoms with E-state index in [1.54, 1.807) is 0 Å². The van der Waals surface area contributed by atoms with Crippen molar-refractivity contribution in [1.29, 1.82) is 5.26 Å². The Morgan fingerprint density at radius 1 is 1.12 bits per heavy atom. The van der Waals surface area contributed by atoms with Crippen LogP contribution in [0.5, 0.6) is 0 Å². The van der Waals surface area contributed by atoms with E-state index in [0.29, 0.717) is 0 Å². The molecule has 0 aliphatic heterocycles. The third kappa shape index (κ3) is 4.34. The molecule has 0 saturated carbocycles. The normalized spacial score (nSPS) is 12.7. The third-order valence-corrected chi connectivity index (χ3v) is 5.48. The second kappa shape index (κ2) is 7.08. The van der Waals surface area contributed by atoms with Crippen molar-refractivity contribution in [2.75, 3.05) is 0 Å². The van der Waals surface area contributed by atoms with Gasteiger partial charge in [0.2, 0.25) is 9.84 Å². The molecule has 0 unspecified atom stereocenters. The SMILES string of the molecule is N#C/C(=C\c1cccc(C(F)(F)F)c1)S(=O)(=O)c1cc(Cl)ccc1Cl.